The highest BCUT2D eigenvalue weighted by Gasteiger charge is 2.36. The number of aryl methyl sites for hydroxylation is 1. The molecule has 0 aliphatic carbocycles. The van der Waals surface area contributed by atoms with Crippen LogP contribution < -0.4 is 5.73 Å². The fraction of sp³-hybridized carbons (Fsp3) is 0.692. The molecule has 2 heterocycles. The second kappa shape index (κ2) is 5.26. The lowest BCUT2D eigenvalue weighted by Gasteiger charge is -2.20. The van der Waals surface area contributed by atoms with Gasteiger partial charge >= 0.3 is 0 Å². The zero-order valence-corrected chi connectivity index (χ0v) is 12.7. The first-order valence-corrected chi connectivity index (χ1v) is 8.25. The number of aromatic nitrogens is 1. The lowest BCUT2D eigenvalue weighted by atomic mass is 10.1. The number of rotatable bonds is 4. The average Bonchev–Trinajstić information content (AvgIpc) is 2.92. The molecular formula is C13H23N3O2S. The Kier molecular flexibility index (Phi) is 4.03. The largest absolute Gasteiger partial charge is 0.349 e. The van der Waals surface area contributed by atoms with Crippen molar-refractivity contribution in [3.8, 4) is 0 Å². The van der Waals surface area contributed by atoms with Crippen molar-refractivity contribution in [2.75, 3.05) is 6.54 Å². The van der Waals surface area contributed by atoms with Gasteiger partial charge in [-0.3, -0.25) is 0 Å². The smallest absolute Gasteiger partial charge is 0.244 e. The van der Waals surface area contributed by atoms with Crippen LogP contribution in [0, 0.1) is 5.92 Å². The summed E-state index contributed by atoms with van der Waals surface area (Å²) in [5, 5.41) is 0. The molecule has 0 bridgehead atoms. The van der Waals surface area contributed by atoms with Crippen molar-refractivity contribution in [2.45, 2.75) is 51.2 Å². The molecule has 1 saturated heterocycles. The Balaban J connectivity index is 2.37. The molecule has 2 rings (SSSR count). The molecule has 1 aliphatic rings. The maximum Gasteiger partial charge on any atom is 0.244 e. The first-order chi connectivity index (χ1) is 8.90. The Labute approximate surface area is 115 Å². The zero-order chi connectivity index (χ0) is 14.2. The average molecular weight is 285 g/mol. The maximum atomic E-state index is 12.7. The lowest BCUT2D eigenvalue weighted by molar-refractivity contribution is 0.405. The molecule has 108 valence electrons. The van der Waals surface area contributed by atoms with Crippen molar-refractivity contribution < 1.29 is 8.42 Å². The molecule has 1 aromatic rings. The van der Waals surface area contributed by atoms with Gasteiger partial charge in [0.15, 0.2) is 0 Å². The van der Waals surface area contributed by atoms with E-state index in [2.05, 4.69) is 6.92 Å². The van der Waals surface area contributed by atoms with E-state index in [1.165, 1.54) is 0 Å². The molecule has 0 saturated carbocycles. The third kappa shape index (κ3) is 2.57. The Bertz CT molecular complexity index is 529. The quantitative estimate of drug-likeness (QED) is 0.909. The van der Waals surface area contributed by atoms with Crippen LogP contribution in [-0.2, 0) is 23.1 Å². The fourth-order valence-electron chi connectivity index (χ4n) is 2.86. The van der Waals surface area contributed by atoms with E-state index in [0.29, 0.717) is 23.9 Å². The minimum atomic E-state index is -3.39. The minimum absolute atomic E-state index is 0.0753. The van der Waals surface area contributed by atoms with Crippen LogP contribution in [0.25, 0.3) is 0 Å². The Morgan fingerprint density at radius 3 is 2.53 bits per heavy atom. The van der Waals surface area contributed by atoms with Crippen LogP contribution in [0.4, 0.5) is 0 Å². The summed E-state index contributed by atoms with van der Waals surface area (Å²) in [7, 11) is -3.39. The van der Waals surface area contributed by atoms with E-state index in [-0.39, 0.29) is 6.04 Å². The Hall–Kier alpha value is -0.850. The third-order valence-corrected chi connectivity index (χ3v) is 5.79. The van der Waals surface area contributed by atoms with E-state index < -0.39 is 10.0 Å². The van der Waals surface area contributed by atoms with Crippen LogP contribution in [-0.4, -0.2) is 29.9 Å². The summed E-state index contributed by atoms with van der Waals surface area (Å²) in [4.78, 5) is 0.371. The van der Waals surface area contributed by atoms with Crippen LogP contribution in [0.15, 0.2) is 17.2 Å². The Morgan fingerprint density at radius 2 is 2.11 bits per heavy atom. The SMILES string of the molecule is CCn1cc(S(=O)(=O)N2CC(C)CC2C)cc1CN. The second-order valence-electron chi connectivity index (χ2n) is 5.42. The van der Waals surface area contributed by atoms with Gasteiger partial charge in [-0.25, -0.2) is 8.42 Å². The number of hydrogen-bond donors (Lipinski definition) is 1. The van der Waals surface area contributed by atoms with Crippen molar-refractivity contribution in [3.05, 3.63) is 18.0 Å². The highest BCUT2D eigenvalue weighted by atomic mass is 32.2. The molecule has 2 unspecified atom stereocenters. The van der Waals surface area contributed by atoms with Crippen molar-refractivity contribution in [1.82, 2.24) is 8.87 Å². The van der Waals surface area contributed by atoms with E-state index in [1.54, 1.807) is 16.6 Å². The van der Waals surface area contributed by atoms with Crippen LogP contribution in [0.5, 0.6) is 0 Å². The molecule has 1 fully saturated rings. The maximum absolute atomic E-state index is 12.7. The zero-order valence-electron chi connectivity index (χ0n) is 11.8. The molecule has 5 nitrogen and oxygen atoms in total. The normalized spacial score (nSPS) is 25.1. The summed E-state index contributed by atoms with van der Waals surface area (Å²) in [5.74, 6) is 0.423. The molecule has 2 atom stereocenters. The van der Waals surface area contributed by atoms with E-state index in [4.69, 9.17) is 5.73 Å². The monoisotopic (exact) mass is 285 g/mol. The van der Waals surface area contributed by atoms with Crippen molar-refractivity contribution in [1.29, 1.82) is 0 Å². The molecule has 0 spiro atoms. The van der Waals surface area contributed by atoms with Gasteiger partial charge in [-0.2, -0.15) is 4.31 Å². The first kappa shape index (κ1) is 14.6. The molecule has 6 heteroatoms. The third-order valence-electron chi connectivity index (χ3n) is 3.84. The lowest BCUT2D eigenvalue weighted by Crippen LogP contribution is -2.33. The van der Waals surface area contributed by atoms with Gasteiger partial charge in [0.25, 0.3) is 0 Å². The van der Waals surface area contributed by atoms with E-state index in [9.17, 15) is 8.42 Å². The molecule has 2 N–H and O–H groups in total. The Morgan fingerprint density at radius 1 is 1.42 bits per heavy atom. The van der Waals surface area contributed by atoms with Gasteiger partial charge in [0.1, 0.15) is 4.90 Å². The highest BCUT2D eigenvalue weighted by molar-refractivity contribution is 7.89. The van der Waals surface area contributed by atoms with E-state index in [0.717, 1.165) is 18.7 Å². The molecule has 0 amide bonds. The van der Waals surface area contributed by atoms with Crippen molar-refractivity contribution >= 4 is 10.0 Å². The summed E-state index contributed by atoms with van der Waals surface area (Å²) in [5.41, 5.74) is 6.52. The molecule has 1 aromatic heterocycles. The predicted octanol–water partition coefficient (Wildman–Crippen LogP) is 1.39. The summed E-state index contributed by atoms with van der Waals surface area (Å²) in [6.45, 7) is 7.74. The van der Waals surface area contributed by atoms with Gasteiger partial charge in [0, 0.05) is 37.6 Å². The molecule has 1 aliphatic heterocycles. The van der Waals surface area contributed by atoms with Crippen LogP contribution in [0.2, 0.25) is 0 Å². The van der Waals surface area contributed by atoms with Gasteiger partial charge in [-0.15, -0.1) is 0 Å². The van der Waals surface area contributed by atoms with Crippen molar-refractivity contribution in [3.63, 3.8) is 0 Å². The first-order valence-electron chi connectivity index (χ1n) is 6.81. The standard InChI is InChI=1S/C13H23N3O2S/c1-4-15-9-13(6-12(15)7-14)19(17,18)16-8-10(2)5-11(16)3/h6,9-11H,4-5,7-8,14H2,1-3H3. The number of sulfonamides is 1. The second-order valence-corrected chi connectivity index (χ2v) is 7.31. The predicted molar refractivity (Wildman–Crippen MR) is 75.1 cm³/mol. The fourth-order valence-corrected chi connectivity index (χ4v) is 4.69. The minimum Gasteiger partial charge on any atom is -0.349 e. The van der Waals surface area contributed by atoms with Gasteiger partial charge in [0.05, 0.1) is 0 Å². The summed E-state index contributed by atoms with van der Waals surface area (Å²) < 4.78 is 28.8. The summed E-state index contributed by atoms with van der Waals surface area (Å²) >= 11 is 0. The molecule has 0 aromatic carbocycles. The van der Waals surface area contributed by atoms with Crippen LogP contribution in [0.1, 0.15) is 32.9 Å². The number of hydrogen-bond acceptors (Lipinski definition) is 3. The van der Waals surface area contributed by atoms with Gasteiger partial charge < -0.3 is 10.3 Å². The molecule has 19 heavy (non-hydrogen) atoms. The van der Waals surface area contributed by atoms with Crippen LogP contribution in [0.3, 0.4) is 0 Å². The van der Waals surface area contributed by atoms with E-state index >= 15 is 0 Å². The topological polar surface area (TPSA) is 68.3 Å². The molecule has 0 radical (unpaired) electrons. The number of nitrogens with zero attached hydrogens (tertiary/aromatic N) is 2. The van der Waals surface area contributed by atoms with Gasteiger partial charge in [-0.05, 0) is 32.3 Å². The molecular weight excluding hydrogens is 262 g/mol. The van der Waals surface area contributed by atoms with Crippen molar-refractivity contribution in [2.24, 2.45) is 11.7 Å². The highest BCUT2D eigenvalue weighted by Crippen LogP contribution is 2.29. The van der Waals surface area contributed by atoms with E-state index in [1.807, 2.05) is 18.4 Å². The van der Waals surface area contributed by atoms with Gasteiger partial charge in [-0.1, -0.05) is 6.92 Å². The summed E-state index contributed by atoms with van der Waals surface area (Å²) in [6, 6.07) is 1.78. The number of nitrogens with two attached hydrogens (primary N) is 1. The summed E-state index contributed by atoms with van der Waals surface area (Å²) in [6.07, 6.45) is 2.63. The van der Waals surface area contributed by atoms with Crippen LogP contribution >= 0.6 is 0 Å². The van der Waals surface area contributed by atoms with Gasteiger partial charge in [0.2, 0.25) is 10.0 Å².